The Kier molecular flexibility index (Phi) is 6.57. The molecule has 0 bridgehead atoms. The van der Waals surface area contributed by atoms with Crippen molar-refractivity contribution in [1.29, 1.82) is 0 Å². The van der Waals surface area contributed by atoms with Crippen LogP contribution in [0.5, 0.6) is 0 Å². The molecule has 0 unspecified atom stereocenters. The van der Waals surface area contributed by atoms with Crippen LogP contribution in [0.1, 0.15) is 26.2 Å². The fraction of sp³-hybridized carbons (Fsp3) is 0.556. The molecule has 0 atom stereocenters. The monoisotopic (exact) mass is 391 g/mol. The number of thiophene rings is 1. The van der Waals surface area contributed by atoms with Crippen molar-refractivity contribution in [3.8, 4) is 10.7 Å². The van der Waals surface area contributed by atoms with Gasteiger partial charge >= 0.3 is 0 Å². The summed E-state index contributed by atoms with van der Waals surface area (Å²) >= 11 is 1.55. The second-order valence-corrected chi connectivity index (χ2v) is 7.82. The topological polar surface area (TPSA) is 91.6 Å². The first-order valence-electron chi connectivity index (χ1n) is 9.17. The van der Waals surface area contributed by atoms with Gasteiger partial charge in [0.05, 0.1) is 11.4 Å². The Balaban J connectivity index is 1.40. The van der Waals surface area contributed by atoms with Crippen molar-refractivity contribution >= 4 is 23.2 Å². The maximum atomic E-state index is 12.4. The zero-order valence-electron chi connectivity index (χ0n) is 15.7. The van der Waals surface area contributed by atoms with Gasteiger partial charge in [-0.15, -0.1) is 11.3 Å². The van der Waals surface area contributed by atoms with Crippen LogP contribution in [0.2, 0.25) is 0 Å². The van der Waals surface area contributed by atoms with Gasteiger partial charge in [0.25, 0.3) is 0 Å². The summed E-state index contributed by atoms with van der Waals surface area (Å²) < 4.78 is 5.24. The van der Waals surface area contributed by atoms with E-state index in [1.165, 1.54) is 0 Å². The molecule has 2 aromatic heterocycles. The standard InChI is InChI=1S/C18H25N5O3S/c1-13(2)19-15(24)12-22-7-9-23(10-8-22)17(25)6-5-16-20-18(21-26-16)14-4-3-11-27-14/h3-4,11,13H,5-10,12H2,1-2H3,(H,19,24). The third kappa shape index (κ3) is 5.61. The Morgan fingerprint density at radius 3 is 2.74 bits per heavy atom. The smallest absolute Gasteiger partial charge is 0.234 e. The van der Waals surface area contributed by atoms with Gasteiger partial charge < -0.3 is 14.7 Å². The fourth-order valence-electron chi connectivity index (χ4n) is 2.96. The molecule has 8 nitrogen and oxygen atoms in total. The van der Waals surface area contributed by atoms with Gasteiger partial charge in [-0.05, 0) is 25.3 Å². The lowest BCUT2D eigenvalue weighted by molar-refractivity contribution is -0.133. The zero-order chi connectivity index (χ0) is 19.2. The highest BCUT2D eigenvalue weighted by Crippen LogP contribution is 2.21. The lowest BCUT2D eigenvalue weighted by atomic mass is 10.2. The average Bonchev–Trinajstić information content (AvgIpc) is 3.31. The largest absolute Gasteiger partial charge is 0.353 e. The molecule has 0 aliphatic carbocycles. The van der Waals surface area contributed by atoms with E-state index < -0.39 is 0 Å². The molecule has 1 N–H and O–H groups in total. The number of carbonyl (C=O) groups is 2. The molecule has 0 radical (unpaired) electrons. The SMILES string of the molecule is CC(C)NC(=O)CN1CCN(C(=O)CCc2nc(-c3cccs3)no2)CC1. The van der Waals surface area contributed by atoms with Crippen molar-refractivity contribution in [3.05, 3.63) is 23.4 Å². The molecule has 3 heterocycles. The lowest BCUT2D eigenvalue weighted by Crippen LogP contribution is -2.51. The number of rotatable bonds is 7. The predicted molar refractivity (Wildman–Crippen MR) is 102 cm³/mol. The van der Waals surface area contributed by atoms with Gasteiger partial charge in [-0.3, -0.25) is 14.5 Å². The first-order chi connectivity index (χ1) is 13.0. The van der Waals surface area contributed by atoms with E-state index in [9.17, 15) is 9.59 Å². The molecular weight excluding hydrogens is 366 g/mol. The summed E-state index contributed by atoms with van der Waals surface area (Å²) in [7, 11) is 0. The predicted octanol–water partition coefficient (Wildman–Crippen LogP) is 1.40. The van der Waals surface area contributed by atoms with Gasteiger partial charge in [0.1, 0.15) is 0 Å². The molecule has 2 amide bonds. The first kappa shape index (κ1) is 19.5. The minimum Gasteiger partial charge on any atom is -0.353 e. The molecule has 1 fully saturated rings. The molecule has 3 rings (SSSR count). The molecule has 2 aromatic rings. The lowest BCUT2D eigenvalue weighted by Gasteiger charge is -2.34. The van der Waals surface area contributed by atoms with E-state index in [0.29, 0.717) is 57.3 Å². The number of nitrogens with zero attached hydrogens (tertiary/aromatic N) is 4. The number of hydrogen-bond donors (Lipinski definition) is 1. The van der Waals surface area contributed by atoms with Crippen LogP contribution in [0, 0.1) is 0 Å². The van der Waals surface area contributed by atoms with Gasteiger partial charge in [0.15, 0.2) is 0 Å². The average molecular weight is 391 g/mol. The Labute approximate surface area is 162 Å². The van der Waals surface area contributed by atoms with E-state index in [1.807, 2.05) is 36.3 Å². The van der Waals surface area contributed by atoms with Crippen LogP contribution < -0.4 is 5.32 Å². The molecule has 0 aromatic carbocycles. The van der Waals surface area contributed by atoms with Crippen molar-refractivity contribution in [2.75, 3.05) is 32.7 Å². The molecule has 0 spiro atoms. The van der Waals surface area contributed by atoms with Gasteiger partial charge in [0, 0.05) is 45.1 Å². The molecule has 9 heteroatoms. The third-order valence-electron chi connectivity index (χ3n) is 4.30. The summed E-state index contributed by atoms with van der Waals surface area (Å²) in [6, 6.07) is 4.02. The quantitative estimate of drug-likeness (QED) is 0.767. The summed E-state index contributed by atoms with van der Waals surface area (Å²) in [6.07, 6.45) is 0.786. The number of aromatic nitrogens is 2. The Morgan fingerprint density at radius 2 is 2.07 bits per heavy atom. The van der Waals surface area contributed by atoms with Gasteiger partial charge in [-0.25, -0.2) is 0 Å². The van der Waals surface area contributed by atoms with Gasteiger partial charge in [-0.2, -0.15) is 4.98 Å². The number of hydrogen-bond acceptors (Lipinski definition) is 7. The number of nitrogens with one attached hydrogen (secondary N) is 1. The van der Waals surface area contributed by atoms with E-state index in [1.54, 1.807) is 11.3 Å². The van der Waals surface area contributed by atoms with Gasteiger partial charge in [-0.1, -0.05) is 11.2 Å². The van der Waals surface area contributed by atoms with E-state index in [4.69, 9.17) is 4.52 Å². The summed E-state index contributed by atoms with van der Waals surface area (Å²) in [6.45, 7) is 6.97. The summed E-state index contributed by atoms with van der Waals surface area (Å²) in [5, 5.41) is 8.81. The third-order valence-corrected chi connectivity index (χ3v) is 5.17. The van der Waals surface area contributed by atoms with Crippen molar-refractivity contribution in [1.82, 2.24) is 25.3 Å². The van der Waals surface area contributed by atoms with Crippen molar-refractivity contribution < 1.29 is 14.1 Å². The highest BCUT2D eigenvalue weighted by atomic mass is 32.1. The summed E-state index contributed by atoms with van der Waals surface area (Å²) in [5.74, 6) is 1.16. The molecular formula is C18H25N5O3S. The minimum absolute atomic E-state index is 0.0303. The number of piperazine rings is 1. The number of aryl methyl sites for hydroxylation is 1. The van der Waals surface area contributed by atoms with Crippen molar-refractivity contribution in [3.63, 3.8) is 0 Å². The van der Waals surface area contributed by atoms with E-state index >= 15 is 0 Å². The highest BCUT2D eigenvalue weighted by Gasteiger charge is 2.23. The van der Waals surface area contributed by atoms with Crippen LogP contribution >= 0.6 is 11.3 Å². The summed E-state index contributed by atoms with van der Waals surface area (Å²) in [5.41, 5.74) is 0. The summed E-state index contributed by atoms with van der Waals surface area (Å²) in [4.78, 5) is 33.5. The normalized spacial score (nSPS) is 15.3. The van der Waals surface area contributed by atoms with E-state index in [-0.39, 0.29) is 17.9 Å². The van der Waals surface area contributed by atoms with E-state index in [2.05, 4.69) is 20.4 Å². The van der Waals surface area contributed by atoms with Crippen molar-refractivity contribution in [2.24, 2.45) is 0 Å². The first-order valence-corrected chi connectivity index (χ1v) is 10.0. The zero-order valence-corrected chi connectivity index (χ0v) is 16.5. The Bertz CT molecular complexity index is 751. The van der Waals surface area contributed by atoms with Crippen LogP contribution in [-0.4, -0.2) is 70.5 Å². The fourth-order valence-corrected chi connectivity index (χ4v) is 3.61. The van der Waals surface area contributed by atoms with Crippen LogP contribution in [0.3, 0.4) is 0 Å². The van der Waals surface area contributed by atoms with Crippen LogP contribution in [0.4, 0.5) is 0 Å². The van der Waals surface area contributed by atoms with Crippen LogP contribution in [0.25, 0.3) is 10.7 Å². The second-order valence-electron chi connectivity index (χ2n) is 6.87. The number of carbonyl (C=O) groups excluding carboxylic acids is 2. The van der Waals surface area contributed by atoms with Gasteiger partial charge in [0.2, 0.25) is 23.5 Å². The maximum Gasteiger partial charge on any atom is 0.234 e. The second kappa shape index (κ2) is 9.09. The Hall–Kier alpha value is -2.26. The molecule has 1 saturated heterocycles. The molecule has 27 heavy (non-hydrogen) atoms. The van der Waals surface area contributed by atoms with E-state index in [0.717, 1.165) is 4.88 Å². The number of amides is 2. The highest BCUT2D eigenvalue weighted by molar-refractivity contribution is 7.13. The maximum absolute atomic E-state index is 12.4. The molecule has 1 aliphatic rings. The molecule has 1 aliphatic heterocycles. The molecule has 0 saturated carbocycles. The van der Waals surface area contributed by atoms with Crippen molar-refractivity contribution in [2.45, 2.75) is 32.7 Å². The van der Waals surface area contributed by atoms with Crippen LogP contribution in [-0.2, 0) is 16.0 Å². The molecule has 146 valence electrons. The Morgan fingerprint density at radius 1 is 1.30 bits per heavy atom. The van der Waals surface area contributed by atoms with Crippen LogP contribution in [0.15, 0.2) is 22.0 Å². The minimum atomic E-state index is 0.0303.